The summed E-state index contributed by atoms with van der Waals surface area (Å²) in [6.45, 7) is 0. The molecule has 19 heavy (non-hydrogen) atoms. The van der Waals surface area contributed by atoms with Crippen LogP contribution in [0.4, 0.5) is 0 Å². The summed E-state index contributed by atoms with van der Waals surface area (Å²) in [5.41, 5.74) is 5.94. The zero-order chi connectivity index (χ0) is 13.8. The molecule has 6 heteroatoms. The molecule has 2 rings (SSSR count). The number of hydrogen-bond acceptors (Lipinski definition) is 3. The van der Waals surface area contributed by atoms with Gasteiger partial charge < -0.3 is 15.7 Å². The van der Waals surface area contributed by atoms with Crippen molar-refractivity contribution in [3.63, 3.8) is 0 Å². The maximum Gasteiger partial charge on any atom is 0.171 e. The van der Waals surface area contributed by atoms with Gasteiger partial charge in [-0.2, -0.15) is 0 Å². The van der Waals surface area contributed by atoms with Crippen molar-refractivity contribution in [2.75, 3.05) is 0 Å². The zero-order valence-electron chi connectivity index (χ0n) is 9.68. The highest BCUT2D eigenvalue weighted by Crippen LogP contribution is 2.31. The van der Waals surface area contributed by atoms with Gasteiger partial charge in [-0.05, 0) is 40.2 Å². The first-order valence-electron chi connectivity index (χ1n) is 5.31. The Morgan fingerprint density at radius 2 is 2.00 bits per heavy atom. The summed E-state index contributed by atoms with van der Waals surface area (Å²) >= 11 is 9.44. The Kier molecular flexibility index (Phi) is 4.29. The minimum atomic E-state index is -0.0440. The van der Waals surface area contributed by atoms with Gasteiger partial charge in [-0.3, -0.25) is 0 Å². The quantitative estimate of drug-likeness (QED) is 0.384. The van der Waals surface area contributed by atoms with Gasteiger partial charge in [0.1, 0.15) is 11.5 Å². The smallest absolute Gasteiger partial charge is 0.171 e. The van der Waals surface area contributed by atoms with E-state index in [1.165, 1.54) is 0 Å². The highest BCUT2D eigenvalue weighted by Gasteiger charge is 2.08. The molecule has 2 aromatic carbocycles. The molecule has 0 saturated carbocycles. The molecule has 0 amide bonds. The van der Waals surface area contributed by atoms with E-state index in [0.29, 0.717) is 22.1 Å². The molecule has 0 bridgehead atoms. The lowest BCUT2D eigenvalue weighted by atomic mass is 10.2. The highest BCUT2D eigenvalue weighted by molar-refractivity contribution is 9.10. The van der Waals surface area contributed by atoms with Gasteiger partial charge in [0.25, 0.3) is 0 Å². The third-order valence-electron chi connectivity index (χ3n) is 2.39. The Labute approximate surface area is 123 Å². The van der Waals surface area contributed by atoms with E-state index in [1.807, 2.05) is 24.3 Å². The van der Waals surface area contributed by atoms with Crippen molar-refractivity contribution in [1.29, 1.82) is 0 Å². The van der Waals surface area contributed by atoms with Crippen LogP contribution in [0.25, 0.3) is 0 Å². The number of benzene rings is 2. The maximum atomic E-state index is 8.62. The van der Waals surface area contributed by atoms with Crippen LogP contribution in [-0.2, 0) is 0 Å². The number of nitrogens with two attached hydrogens (primary N) is 1. The average molecular weight is 342 g/mol. The van der Waals surface area contributed by atoms with Gasteiger partial charge in [0, 0.05) is 11.6 Å². The summed E-state index contributed by atoms with van der Waals surface area (Å²) in [6.07, 6.45) is 0. The van der Waals surface area contributed by atoms with Gasteiger partial charge >= 0.3 is 0 Å². The largest absolute Gasteiger partial charge is 0.456 e. The monoisotopic (exact) mass is 340 g/mol. The summed E-state index contributed by atoms with van der Waals surface area (Å²) in [6, 6.07) is 12.4. The highest BCUT2D eigenvalue weighted by atomic mass is 79.9. The zero-order valence-corrected chi connectivity index (χ0v) is 12.0. The van der Waals surface area contributed by atoms with Gasteiger partial charge in [0.05, 0.1) is 9.50 Å². The van der Waals surface area contributed by atoms with E-state index < -0.39 is 0 Å². The van der Waals surface area contributed by atoms with Gasteiger partial charge in [-0.25, -0.2) is 0 Å². The van der Waals surface area contributed by atoms with E-state index in [4.69, 9.17) is 27.3 Å². The number of hydrogen-bond donors (Lipinski definition) is 2. The van der Waals surface area contributed by atoms with Crippen molar-refractivity contribution in [3.8, 4) is 11.5 Å². The number of para-hydroxylation sites is 1. The van der Waals surface area contributed by atoms with Crippen LogP contribution >= 0.6 is 27.5 Å². The molecule has 0 fully saturated rings. The first-order chi connectivity index (χ1) is 9.11. The van der Waals surface area contributed by atoms with E-state index >= 15 is 0 Å². The molecule has 0 unspecified atom stereocenters. The fourth-order valence-corrected chi connectivity index (χ4v) is 2.11. The van der Waals surface area contributed by atoms with Crippen molar-refractivity contribution in [2.24, 2.45) is 10.9 Å². The standard InChI is InChI=1S/C13H10BrClN2O2/c14-10-3-1-2-4-12(10)19-8-5-6-9(11(15)7-8)13(16)17-18/h1-7,18H,(H2,16,17). The van der Waals surface area contributed by atoms with E-state index in [9.17, 15) is 0 Å². The summed E-state index contributed by atoms with van der Waals surface area (Å²) in [5, 5.41) is 11.9. The fraction of sp³-hybridized carbons (Fsp3) is 0. The van der Waals surface area contributed by atoms with Crippen LogP contribution in [0.2, 0.25) is 5.02 Å². The molecule has 0 aliphatic rings. The first kappa shape index (κ1) is 13.7. The third-order valence-corrected chi connectivity index (χ3v) is 3.36. The van der Waals surface area contributed by atoms with Crippen LogP contribution < -0.4 is 10.5 Å². The Hall–Kier alpha value is -1.72. The Balaban J connectivity index is 2.29. The van der Waals surface area contributed by atoms with Crippen molar-refractivity contribution >= 4 is 33.4 Å². The van der Waals surface area contributed by atoms with Crippen LogP contribution in [0.1, 0.15) is 5.56 Å². The molecule has 98 valence electrons. The Morgan fingerprint density at radius 3 is 2.63 bits per heavy atom. The second-order valence-electron chi connectivity index (χ2n) is 3.66. The van der Waals surface area contributed by atoms with Crippen LogP contribution in [0, 0.1) is 0 Å². The molecule has 4 nitrogen and oxygen atoms in total. The molecular formula is C13H10BrClN2O2. The second-order valence-corrected chi connectivity index (χ2v) is 4.92. The van der Waals surface area contributed by atoms with Crippen molar-refractivity contribution in [1.82, 2.24) is 0 Å². The normalized spacial score (nSPS) is 11.4. The third kappa shape index (κ3) is 3.19. The van der Waals surface area contributed by atoms with Gasteiger partial charge in [-0.15, -0.1) is 0 Å². The SMILES string of the molecule is NC(=NO)c1ccc(Oc2ccccc2Br)cc1Cl. The minimum Gasteiger partial charge on any atom is -0.456 e. The lowest BCUT2D eigenvalue weighted by Gasteiger charge is -2.09. The number of halogens is 2. The topological polar surface area (TPSA) is 67.8 Å². The molecule has 0 spiro atoms. The molecule has 0 radical (unpaired) electrons. The van der Waals surface area contributed by atoms with Crippen LogP contribution in [0.3, 0.4) is 0 Å². The minimum absolute atomic E-state index is 0.0440. The number of rotatable bonds is 3. The summed E-state index contributed by atoms with van der Waals surface area (Å²) in [7, 11) is 0. The lowest BCUT2D eigenvalue weighted by molar-refractivity contribution is 0.318. The van der Waals surface area contributed by atoms with Crippen LogP contribution in [-0.4, -0.2) is 11.0 Å². The van der Waals surface area contributed by atoms with Gasteiger partial charge in [0.2, 0.25) is 0 Å². The second kappa shape index (κ2) is 5.95. The molecule has 0 atom stereocenters. The summed E-state index contributed by atoms with van der Waals surface area (Å²) < 4.78 is 6.52. The maximum absolute atomic E-state index is 8.62. The van der Waals surface area contributed by atoms with Gasteiger partial charge in [-0.1, -0.05) is 28.9 Å². The lowest BCUT2D eigenvalue weighted by Crippen LogP contribution is -2.13. The molecule has 0 heterocycles. The number of oxime groups is 1. The van der Waals surface area contributed by atoms with Crippen LogP contribution in [0.15, 0.2) is 52.1 Å². The van der Waals surface area contributed by atoms with E-state index in [-0.39, 0.29) is 5.84 Å². The van der Waals surface area contributed by atoms with Crippen molar-refractivity contribution in [3.05, 3.63) is 57.5 Å². The molecule has 0 saturated heterocycles. The number of ether oxygens (including phenoxy) is 1. The number of nitrogens with zero attached hydrogens (tertiary/aromatic N) is 1. The van der Waals surface area contributed by atoms with E-state index in [0.717, 1.165) is 4.47 Å². The Bertz CT molecular complexity index is 632. The molecular weight excluding hydrogens is 332 g/mol. The molecule has 2 aromatic rings. The average Bonchev–Trinajstić information content (AvgIpc) is 2.41. The molecule has 0 aliphatic heterocycles. The fourth-order valence-electron chi connectivity index (χ4n) is 1.48. The summed E-state index contributed by atoms with van der Waals surface area (Å²) in [5.74, 6) is 1.19. The van der Waals surface area contributed by atoms with E-state index in [2.05, 4.69) is 21.1 Å². The van der Waals surface area contributed by atoms with Crippen molar-refractivity contribution in [2.45, 2.75) is 0 Å². The predicted octanol–water partition coefficient (Wildman–Crippen LogP) is 3.99. The van der Waals surface area contributed by atoms with Gasteiger partial charge in [0.15, 0.2) is 5.84 Å². The Morgan fingerprint density at radius 1 is 1.26 bits per heavy atom. The van der Waals surface area contributed by atoms with E-state index in [1.54, 1.807) is 18.2 Å². The first-order valence-corrected chi connectivity index (χ1v) is 6.48. The molecule has 0 aromatic heterocycles. The van der Waals surface area contributed by atoms with Crippen LogP contribution in [0.5, 0.6) is 11.5 Å². The number of amidine groups is 1. The summed E-state index contributed by atoms with van der Waals surface area (Å²) in [4.78, 5) is 0. The predicted molar refractivity (Wildman–Crippen MR) is 78.2 cm³/mol. The molecule has 3 N–H and O–H groups in total. The molecule has 0 aliphatic carbocycles. The van der Waals surface area contributed by atoms with Crippen molar-refractivity contribution < 1.29 is 9.94 Å².